The van der Waals surface area contributed by atoms with Gasteiger partial charge in [-0.25, -0.2) is 0 Å². The predicted molar refractivity (Wildman–Crippen MR) is 130 cm³/mol. The Bertz CT molecular complexity index is 981. The molecule has 0 amide bonds. The number of nitro groups is 1. The van der Waals surface area contributed by atoms with Crippen LogP contribution >= 0.6 is 11.8 Å². The summed E-state index contributed by atoms with van der Waals surface area (Å²) in [5.74, 6) is -3.22. The zero-order chi connectivity index (χ0) is 24.7. The van der Waals surface area contributed by atoms with E-state index in [2.05, 4.69) is 0 Å². The maximum atomic E-state index is 13.1. The highest BCUT2D eigenvalue weighted by Gasteiger charge is 2.56. The van der Waals surface area contributed by atoms with E-state index >= 15 is 0 Å². The molecule has 2 aromatic rings. The van der Waals surface area contributed by atoms with Gasteiger partial charge in [0.25, 0.3) is 0 Å². The Balaban J connectivity index is 2.10. The van der Waals surface area contributed by atoms with Crippen LogP contribution < -0.4 is 0 Å². The lowest BCUT2D eigenvalue weighted by molar-refractivity contribution is -0.536. The van der Waals surface area contributed by atoms with E-state index in [-0.39, 0.29) is 19.6 Å². The number of benzene rings is 2. The van der Waals surface area contributed by atoms with Crippen molar-refractivity contribution in [2.45, 2.75) is 49.8 Å². The lowest BCUT2D eigenvalue weighted by Crippen LogP contribution is -2.54. The molecule has 0 heterocycles. The third-order valence-electron chi connectivity index (χ3n) is 6.22. The van der Waals surface area contributed by atoms with E-state index in [1.54, 1.807) is 13.8 Å². The Labute approximate surface area is 204 Å². The van der Waals surface area contributed by atoms with Crippen LogP contribution in [0.4, 0.5) is 0 Å². The van der Waals surface area contributed by atoms with E-state index in [0.717, 1.165) is 16.0 Å². The van der Waals surface area contributed by atoms with Gasteiger partial charge in [0.1, 0.15) is 5.92 Å². The van der Waals surface area contributed by atoms with E-state index in [0.29, 0.717) is 6.42 Å². The molecule has 0 unspecified atom stereocenters. The number of carbonyl (C=O) groups is 2. The topological polar surface area (TPSA) is 95.7 Å². The second-order valence-corrected chi connectivity index (χ2v) is 9.73. The summed E-state index contributed by atoms with van der Waals surface area (Å²) >= 11 is 1.48. The molecule has 1 aliphatic rings. The van der Waals surface area contributed by atoms with E-state index < -0.39 is 45.9 Å². The first-order chi connectivity index (χ1) is 16.3. The molecule has 0 aliphatic heterocycles. The van der Waals surface area contributed by atoms with Crippen LogP contribution in [-0.2, 0) is 25.5 Å². The van der Waals surface area contributed by atoms with Crippen molar-refractivity contribution in [1.29, 1.82) is 0 Å². The van der Waals surface area contributed by atoms with Gasteiger partial charge in [0.15, 0.2) is 0 Å². The van der Waals surface area contributed by atoms with Crippen LogP contribution in [0.15, 0.2) is 59.5 Å². The number of hydrogen-bond acceptors (Lipinski definition) is 7. The predicted octanol–water partition coefficient (Wildman–Crippen LogP) is 4.72. The first kappa shape index (κ1) is 25.7. The normalized spacial score (nSPS) is 24.3. The van der Waals surface area contributed by atoms with Gasteiger partial charge in [-0.2, -0.15) is 0 Å². The molecule has 7 nitrogen and oxygen atoms in total. The van der Waals surface area contributed by atoms with Crippen molar-refractivity contribution in [1.82, 2.24) is 0 Å². The molecule has 3 rings (SSSR count). The van der Waals surface area contributed by atoms with Crippen LogP contribution in [0.1, 0.15) is 31.4 Å². The number of thioether (sulfide) groups is 1. The fourth-order valence-electron chi connectivity index (χ4n) is 4.67. The average Bonchev–Trinajstić information content (AvgIpc) is 2.81. The monoisotopic (exact) mass is 485 g/mol. The highest BCUT2D eigenvalue weighted by atomic mass is 32.2. The van der Waals surface area contributed by atoms with Gasteiger partial charge in [0.2, 0.25) is 6.04 Å². The highest BCUT2D eigenvalue weighted by molar-refractivity contribution is 8.00. The minimum atomic E-state index is -1.22. The minimum absolute atomic E-state index is 0.0653. The Morgan fingerprint density at radius 3 is 2.21 bits per heavy atom. The number of carbonyl (C=O) groups excluding carboxylic acids is 2. The van der Waals surface area contributed by atoms with Gasteiger partial charge >= 0.3 is 11.9 Å². The molecule has 1 aliphatic carbocycles. The van der Waals surface area contributed by atoms with Crippen molar-refractivity contribution in [2.24, 2.45) is 17.8 Å². The van der Waals surface area contributed by atoms with E-state index in [9.17, 15) is 19.7 Å². The third kappa shape index (κ3) is 6.17. The third-order valence-corrected chi connectivity index (χ3v) is 7.71. The molecule has 2 aromatic carbocycles. The first-order valence-electron chi connectivity index (χ1n) is 11.6. The molecule has 5 atom stereocenters. The quantitative estimate of drug-likeness (QED) is 0.288. The second-order valence-electron chi connectivity index (χ2n) is 8.47. The summed E-state index contributed by atoms with van der Waals surface area (Å²) in [6.45, 7) is 5.72. The van der Waals surface area contributed by atoms with Crippen molar-refractivity contribution >= 4 is 23.7 Å². The maximum absolute atomic E-state index is 13.1. The Morgan fingerprint density at radius 2 is 1.62 bits per heavy atom. The molecule has 34 heavy (non-hydrogen) atoms. The van der Waals surface area contributed by atoms with Gasteiger partial charge in [-0.3, -0.25) is 19.7 Å². The Kier molecular flexibility index (Phi) is 9.10. The summed E-state index contributed by atoms with van der Waals surface area (Å²) in [5, 5.41) is 11.7. The Hall–Kier alpha value is -2.87. The second kappa shape index (κ2) is 12.0. The number of ether oxygens (including phenoxy) is 2. The molecule has 0 bridgehead atoms. The molecular formula is C26H31NO6S. The van der Waals surface area contributed by atoms with Gasteiger partial charge in [0.05, 0.1) is 19.1 Å². The molecule has 8 heteroatoms. The molecule has 0 N–H and O–H groups in total. The van der Waals surface area contributed by atoms with Crippen LogP contribution in [0.2, 0.25) is 0 Å². The molecule has 182 valence electrons. The molecule has 0 saturated heterocycles. The molecule has 1 fully saturated rings. The van der Waals surface area contributed by atoms with E-state index in [1.165, 1.54) is 11.8 Å². The Morgan fingerprint density at radius 1 is 1.00 bits per heavy atom. The van der Waals surface area contributed by atoms with Crippen LogP contribution in [0.5, 0.6) is 0 Å². The number of nitrogens with zero attached hydrogens (tertiary/aromatic N) is 1. The van der Waals surface area contributed by atoms with E-state index in [1.807, 2.05) is 61.5 Å². The molecule has 0 aromatic heterocycles. The number of rotatable bonds is 9. The number of esters is 2. The molecule has 0 spiro atoms. The maximum Gasteiger partial charge on any atom is 0.316 e. The summed E-state index contributed by atoms with van der Waals surface area (Å²) in [4.78, 5) is 38.8. The summed E-state index contributed by atoms with van der Waals surface area (Å²) in [7, 11) is 0. The van der Waals surface area contributed by atoms with Crippen molar-refractivity contribution in [3.05, 3.63) is 75.8 Å². The smallest absolute Gasteiger partial charge is 0.316 e. The molecule has 1 saturated carbocycles. The summed E-state index contributed by atoms with van der Waals surface area (Å²) in [6, 6.07) is 16.3. The number of aryl methyl sites for hydroxylation is 1. The largest absolute Gasteiger partial charge is 0.466 e. The van der Waals surface area contributed by atoms with Crippen LogP contribution in [-0.4, -0.2) is 41.4 Å². The zero-order valence-electron chi connectivity index (χ0n) is 19.7. The lowest BCUT2D eigenvalue weighted by Gasteiger charge is -2.41. The summed E-state index contributed by atoms with van der Waals surface area (Å²) in [5.41, 5.74) is 2.05. The SMILES string of the molecule is CCOC(=O)[C@H]1[C@H](Cc2ccccc2)[C@H](Sc2ccc(C)cc2)[C@H](C(=O)OCC)C[C@@H]1[N+](=O)[O-]. The van der Waals surface area contributed by atoms with Gasteiger partial charge in [-0.05, 0) is 50.8 Å². The summed E-state index contributed by atoms with van der Waals surface area (Å²) in [6.07, 6.45) is 0.345. The van der Waals surface area contributed by atoms with Gasteiger partial charge in [-0.1, -0.05) is 48.0 Å². The lowest BCUT2D eigenvalue weighted by atomic mass is 9.68. The van der Waals surface area contributed by atoms with Gasteiger partial charge < -0.3 is 9.47 Å². The van der Waals surface area contributed by atoms with Crippen LogP contribution in [0.25, 0.3) is 0 Å². The average molecular weight is 486 g/mol. The summed E-state index contributed by atoms with van der Waals surface area (Å²) < 4.78 is 10.7. The molecule has 0 radical (unpaired) electrons. The minimum Gasteiger partial charge on any atom is -0.466 e. The van der Waals surface area contributed by atoms with Gasteiger partial charge in [0, 0.05) is 21.5 Å². The number of hydrogen-bond donors (Lipinski definition) is 0. The van der Waals surface area contributed by atoms with Crippen LogP contribution in [0, 0.1) is 34.8 Å². The van der Waals surface area contributed by atoms with E-state index in [4.69, 9.17) is 9.47 Å². The fraction of sp³-hybridized carbons (Fsp3) is 0.462. The van der Waals surface area contributed by atoms with Crippen molar-refractivity contribution in [2.75, 3.05) is 13.2 Å². The standard InChI is InChI=1S/C26H31NO6S/c1-4-32-25(28)21-16-22(27(30)31)23(26(29)33-5-2)20(15-18-9-7-6-8-10-18)24(21)34-19-13-11-17(3)12-14-19/h6-14,20-24H,4-5,15-16H2,1-3H3/t20-,21+,22-,23-,24-/m0/s1. The van der Waals surface area contributed by atoms with Crippen molar-refractivity contribution in [3.63, 3.8) is 0 Å². The van der Waals surface area contributed by atoms with Gasteiger partial charge in [-0.15, -0.1) is 11.8 Å². The van der Waals surface area contributed by atoms with Crippen LogP contribution in [0.3, 0.4) is 0 Å². The fourth-order valence-corrected chi connectivity index (χ4v) is 6.10. The zero-order valence-corrected chi connectivity index (χ0v) is 20.5. The van der Waals surface area contributed by atoms with Crippen molar-refractivity contribution < 1.29 is 24.0 Å². The van der Waals surface area contributed by atoms with Crippen molar-refractivity contribution in [3.8, 4) is 0 Å². The first-order valence-corrected chi connectivity index (χ1v) is 12.5. The molecular weight excluding hydrogens is 454 g/mol. The highest BCUT2D eigenvalue weighted by Crippen LogP contribution is 2.47.